The summed E-state index contributed by atoms with van der Waals surface area (Å²) in [6.07, 6.45) is 4.59. The lowest BCUT2D eigenvalue weighted by atomic mass is 10.1. The predicted octanol–water partition coefficient (Wildman–Crippen LogP) is 4.07. The van der Waals surface area contributed by atoms with Gasteiger partial charge < -0.3 is 19.3 Å². The predicted molar refractivity (Wildman–Crippen MR) is 114 cm³/mol. The van der Waals surface area contributed by atoms with Crippen LogP contribution in [0.2, 0.25) is 0 Å². The third-order valence-electron chi connectivity index (χ3n) is 5.29. The molecule has 1 aromatic heterocycles. The first-order valence-electron chi connectivity index (χ1n) is 9.86. The first kappa shape index (κ1) is 20.7. The van der Waals surface area contributed by atoms with Gasteiger partial charge in [0.2, 0.25) is 0 Å². The first-order valence-corrected chi connectivity index (χ1v) is 10.8. The molecule has 2 aromatic rings. The number of carbonyl (C=O) groups is 1. The number of hydrogen-bond donors (Lipinski definition) is 0. The molecule has 0 bridgehead atoms. The van der Waals surface area contributed by atoms with Crippen molar-refractivity contribution in [1.82, 2.24) is 9.80 Å². The largest absolute Gasteiger partial charge is 0.493 e. The molecule has 28 heavy (non-hydrogen) atoms. The van der Waals surface area contributed by atoms with E-state index in [1.54, 1.807) is 31.6 Å². The summed E-state index contributed by atoms with van der Waals surface area (Å²) < 4.78 is 10.7. The summed E-state index contributed by atoms with van der Waals surface area (Å²) in [6, 6.07) is 5.94. The molecule has 6 heteroatoms. The molecule has 152 valence electrons. The monoisotopic (exact) mass is 402 g/mol. The molecule has 3 rings (SSSR count). The van der Waals surface area contributed by atoms with Crippen LogP contribution < -0.4 is 9.47 Å². The Morgan fingerprint density at radius 1 is 1.11 bits per heavy atom. The number of fused-ring (bicyclic) bond motifs is 1. The van der Waals surface area contributed by atoms with Crippen molar-refractivity contribution < 1.29 is 14.3 Å². The number of ether oxygens (including phenoxy) is 2. The molecule has 0 fully saturated rings. The zero-order chi connectivity index (χ0) is 19.9. The zero-order valence-electron chi connectivity index (χ0n) is 17.1. The average Bonchev–Trinajstić information content (AvgIpc) is 3.32. The van der Waals surface area contributed by atoms with Gasteiger partial charge in [-0.25, -0.2) is 0 Å². The molecule has 1 aliphatic rings. The van der Waals surface area contributed by atoms with E-state index in [1.165, 1.54) is 24.8 Å². The smallest absolute Gasteiger partial charge is 0.254 e. The highest BCUT2D eigenvalue weighted by molar-refractivity contribution is 7.07. The Morgan fingerprint density at radius 2 is 1.86 bits per heavy atom. The van der Waals surface area contributed by atoms with Crippen LogP contribution in [0.25, 0.3) is 0 Å². The maximum Gasteiger partial charge on any atom is 0.254 e. The molecule has 1 aromatic carbocycles. The van der Waals surface area contributed by atoms with Gasteiger partial charge in [0.05, 0.1) is 14.2 Å². The molecule has 0 atom stereocenters. The Hall–Kier alpha value is -2.05. The summed E-state index contributed by atoms with van der Waals surface area (Å²) in [5, 5.41) is 4.38. The minimum Gasteiger partial charge on any atom is -0.493 e. The summed E-state index contributed by atoms with van der Waals surface area (Å²) in [4.78, 5) is 17.0. The topological polar surface area (TPSA) is 42.0 Å². The van der Waals surface area contributed by atoms with Crippen LogP contribution in [0.1, 0.15) is 40.7 Å². The second kappa shape index (κ2) is 9.94. The number of amides is 1. The Labute approximate surface area is 171 Å². The van der Waals surface area contributed by atoms with Gasteiger partial charge in [0.25, 0.3) is 5.91 Å². The van der Waals surface area contributed by atoms with Gasteiger partial charge in [-0.2, -0.15) is 11.3 Å². The second-order valence-corrected chi connectivity index (χ2v) is 8.12. The van der Waals surface area contributed by atoms with Crippen molar-refractivity contribution in [3.8, 4) is 11.5 Å². The van der Waals surface area contributed by atoms with Crippen LogP contribution in [0.15, 0.2) is 29.0 Å². The molecule has 0 unspecified atom stereocenters. The van der Waals surface area contributed by atoms with E-state index in [1.807, 2.05) is 11.0 Å². The fourth-order valence-electron chi connectivity index (χ4n) is 3.67. The summed E-state index contributed by atoms with van der Waals surface area (Å²) in [6.45, 7) is 3.54. The Bertz CT molecular complexity index is 776. The van der Waals surface area contributed by atoms with Gasteiger partial charge in [0, 0.05) is 18.7 Å². The highest BCUT2D eigenvalue weighted by atomic mass is 32.1. The molecule has 0 N–H and O–H groups in total. The number of thiophene rings is 1. The lowest BCUT2D eigenvalue weighted by molar-refractivity contribution is 0.0772. The van der Waals surface area contributed by atoms with Crippen molar-refractivity contribution in [3.63, 3.8) is 0 Å². The number of rotatable bonds is 11. The van der Waals surface area contributed by atoms with Crippen molar-refractivity contribution in [2.75, 3.05) is 40.9 Å². The van der Waals surface area contributed by atoms with Gasteiger partial charge in [-0.3, -0.25) is 4.79 Å². The number of benzene rings is 1. The van der Waals surface area contributed by atoms with E-state index in [2.05, 4.69) is 28.8 Å². The second-order valence-electron chi connectivity index (χ2n) is 7.34. The maximum absolute atomic E-state index is 12.7. The lowest BCUT2D eigenvalue weighted by Gasteiger charge is -2.20. The van der Waals surface area contributed by atoms with Crippen molar-refractivity contribution in [2.24, 2.45) is 0 Å². The summed E-state index contributed by atoms with van der Waals surface area (Å²) in [5.74, 6) is 1.38. The molecule has 5 nitrogen and oxygen atoms in total. The normalized spacial score (nSPS) is 13.3. The SMILES string of the molecule is COc1cc2c(cc1OC)C(=O)N(CCCN(C)CCCCc1ccsc1)C2. The molecule has 2 heterocycles. The minimum atomic E-state index is 0.0920. The fraction of sp³-hybridized carbons (Fsp3) is 0.500. The van der Waals surface area contributed by atoms with Gasteiger partial charge in [-0.15, -0.1) is 0 Å². The lowest BCUT2D eigenvalue weighted by Crippen LogP contribution is -2.29. The number of aryl methyl sites for hydroxylation is 1. The quantitative estimate of drug-likeness (QED) is 0.532. The molecule has 1 aliphatic heterocycles. The molecular formula is C22H30N2O3S. The van der Waals surface area contributed by atoms with Crippen LogP contribution in [0.4, 0.5) is 0 Å². The average molecular weight is 403 g/mol. The van der Waals surface area contributed by atoms with Crippen LogP contribution in [0.3, 0.4) is 0 Å². The molecule has 0 saturated heterocycles. The van der Waals surface area contributed by atoms with Crippen LogP contribution in [0.5, 0.6) is 11.5 Å². The number of hydrogen-bond acceptors (Lipinski definition) is 5. The van der Waals surface area contributed by atoms with Gasteiger partial charge in [-0.1, -0.05) is 0 Å². The van der Waals surface area contributed by atoms with Gasteiger partial charge in [0.1, 0.15) is 0 Å². The summed E-state index contributed by atoms with van der Waals surface area (Å²) in [7, 11) is 5.38. The van der Waals surface area contributed by atoms with E-state index in [4.69, 9.17) is 9.47 Å². The maximum atomic E-state index is 12.7. The summed E-state index contributed by atoms with van der Waals surface area (Å²) >= 11 is 1.77. The summed E-state index contributed by atoms with van der Waals surface area (Å²) in [5.41, 5.74) is 3.21. The molecule has 0 saturated carbocycles. The van der Waals surface area contributed by atoms with E-state index in [0.717, 1.165) is 37.2 Å². The van der Waals surface area contributed by atoms with Crippen molar-refractivity contribution >= 4 is 17.2 Å². The van der Waals surface area contributed by atoms with E-state index in [9.17, 15) is 4.79 Å². The highest BCUT2D eigenvalue weighted by Gasteiger charge is 2.29. The van der Waals surface area contributed by atoms with Crippen molar-refractivity contribution in [2.45, 2.75) is 32.2 Å². The van der Waals surface area contributed by atoms with Crippen LogP contribution >= 0.6 is 11.3 Å². The van der Waals surface area contributed by atoms with Gasteiger partial charge in [-0.05, 0) is 85.9 Å². The number of methoxy groups -OCH3 is 2. The molecular weight excluding hydrogens is 372 g/mol. The third-order valence-corrected chi connectivity index (χ3v) is 6.02. The first-order chi connectivity index (χ1) is 13.6. The number of unbranched alkanes of at least 4 members (excludes halogenated alkanes) is 1. The van der Waals surface area contributed by atoms with E-state index >= 15 is 0 Å². The minimum absolute atomic E-state index is 0.0920. The van der Waals surface area contributed by atoms with Crippen LogP contribution in [-0.4, -0.2) is 56.6 Å². The standard InChI is InChI=1S/C22H30N2O3S/c1-23(9-5-4-7-17-8-12-28-16-17)10-6-11-24-15-18-13-20(26-2)21(27-3)14-19(18)22(24)25/h8,12-14,16H,4-7,9-11,15H2,1-3H3. The number of nitrogens with zero attached hydrogens (tertiary/aromatic N) is 2. The van der Waals surface area contributed by atoms with Crippen molar-refractivity contribution in [1.29, 1.82) is 0 Å². The highest BCUT2D eigenvalue weighted by Crippen LogP contribution is 2.34. The van der Waals surface area contributed by atoms with Gasteiger partial charge in [0.15, 0.2) is 11.5 Å². The third kappa shape index (κ3) is 5.06. The van der Waals surface area contributed by atoms with Crippen LogP contribution in [0, 0.1) is 0 Å². The number of carbonyl (C=O) groups excluding carboxylic acids is 1. The van der Waals surface area contributed by atoms with E-state index < -0.39 is 0 Å². The molecule has 0 radical (unpaired) electrons. The molecule has 0 spiro atoms. The Morgan fingerprint density at radius 3 is 2.57 bits per heavy atom. The van der Waals surface area contributed by atoms with Crippen LogP contribution in [-0.2, 0) is 13.0 Å². The van der Waals surface area contributed by atoms with E-state index in [0.29, 0.717) is 18.0 Å². The Kier molecular flexibility index (Phi) is 7.34. The van der Waals surface area contributed by atoms with Gasteiger partial charge >= 0.3 is 0 Å². The van der Waals surface area contributed by atoms with Crippen molar-refractivity contribution in [3.05, 3.63) is 45.6 Å². The van der Waals surface area contributed by atoms with E-state index in [-0.39, 0.29) is 5.91 Å². The zero-order valence-corrected chi connectivity index (χ0v) is 17.9. The fourth-order valence-corrected chi connectivity index (χ4v) is 4.37. The molecule has 1 amide bonds. The molecule has 0 aliphatic carbocycles. The Balaban J connectivity index is 1.39.